The number of hydrogen-bond donors (Lipinski definition) is 1. The summed E-state index contributed by atoms with van der Waals surface area (Å²) in [6, 6.07) is 0.259. The fourth-order valence-electron chi connectivity index (χ4n) is 2.03. The zero-order valence-corrected chi connectivity index (χ0v) is 12.2. The minimum Gasteiger partial charge on any atom is -0.373 e. The maximum absolute atomic E-state index is 5.79. The van der Waals surface area contributed by atoms with Gasteiger partial charge in [0.25, 0.3) is 0 Å². The number of nitrogens with zero attached hydrogens (tertiary/aromatic N) is 3. The lowest BCUT2D eigenvalue weighted by atomic mass is 10.1. The largest absolute Gasteiger partial charge is 0.373 e. The van der Waals surface area contributed by atoms with E-state index in [0.29, 0.717) is 0 Å². The lowest BCUT2D eigenvalue weighted by Gasteiger charge is -2.33. The normalized spacial score (nSPS) is 22.9. The molecular weight excluding hydrogens is 248 g/mol. The zero-order chi connectivity index (χ0) is 13.0. The van der Waals surface area contributed by atoms with Crippen molar-refractivity contribution in [3.05, 3.63) is 5.01 Å². The SMILES string of the molecule is CCCc1nnc(NC(C)C2CN(C)CCO2)s1. The molecule has 0 spiro atoms. The van der Waals surface area contributed by atoms with Crippen molar-refractivity contribution in [3.63, 3.8) is 0 Å². The van der Waals surface area contributed by atoms with Gasteiger partial charge in [-0.25, -0.2) is 0 Å². The predicted molar refractivity (Wildman–Crippen MR) is 74.2 cm³/mol. The number of hydrogen-bond acceptors (Lipinski definition) is 6. The second kappa shape index (κ2) is 6.45. The van der Waals surface area contributed by atoms with Gasteiger partial charge in [0.15, 0.2) is 0 Å². The Hall–Kier alpha value is -0.720. The van der Waals surface area contributed by atoms with E-state index in [2.05, 4.69) is 41.3 Å². The molecule has 2 rings (SSSR count). The Morgan fingerprint density at radius 1 is 1.56 bits per heavy atom. The first-order chi connectivity index (χ1) is 8.69. The van der Waals surface area contributed by atoms with Gasteiger partial charge in [-0.15, -0.1) is 10.2 Å². The molecule has 5 nitrogen and oxygen atoms in total. The highest BCUT2D eigenvalue weighted by Gasteiger charge is 2.24. The molecular formula is C12H22N4OS. The van der Waals surface area contributed by atoms with Crippen LogP contribution in [-0.4, -0.2) is 54.0 Å². The maximum atomic E-state index is 5.79. The number of likely N-dealkylation sites (N-methyl/N-ethyl adjacent to an activating group) is 1. The van der Waals surface area contributed by atoms with Crippen LogP contribution in [0, 0.1) is 0 Å². The summed E-state index contributed by atoms with van der Waals surface area (Å²) in [5.74, 6) is 0. The summed E-state index contributed by atoms with van der Waals surface area (Å²) >= 11 is 1.65. The van der Waals surface area contributed by atoms with E-state index in [1.807, 2.05) is 0 Å². The Bertz CT molecular complexity index is 371. The summed E-state index contributed by atoms with van der Waals surface area (Å²) < 4.78 is 5.79. The molecule has 0 radical (unpaired) electrons. The van der Waals surface area contributed by atoms with E-state index in [0.717, 1.165) is 42.7 Å². The van der Waals surface area contributed by atoms with E-state index in [4.69, 9.17) is 4.74 Å². The number of aryl methyl sites for hydroxylation is 1. The van der Waals surface area contributed by atoms with Crippen molar-refractivity contribution in [3.8, 4) is 0 Å². The monoisotopic (exact) mass is 270 g/mol. The van der Waals surface area contributed by atoms with Gasteiger partial charge in [0.2, 0.25) is 5.13 Å². The van der Waals surface area contributed by atoms with Crippen molar-refractivity contribution in [1.82, 2.24) is 15.1 Å². The van der Waals surface area contributed by atoms with E-state index < -0.39 is 0 Å². The van der Waals surface area contributed by atoms with Gasteiger partial charge in [0.1, 0.15) is 5.01 Å². The number of morpholine rings is 1. The van der Waals surface area contributed by atoms with Crippen molar-refractivity contribution < 1.29 is 4.74 Å². The molecule has 2 unspecified atom stereocenters. The molecule has 1 aliphatic heterocycles. The highest BCUT2D eigenvalue weighted by atomic mass is 32.1. The van der Waals surface area contributed by atoms with E-state index in [9.17, 15) is 0 Å². The average Bonchev–Trinajstić information content (AvgIpc) is 2.77. The first-order valence-corrected chi connectivity index (χ1v) is 7.39. The molecule has 2 atom stereocenters. The van der Waals surface area contributed by atoms with Crippen LogP contribution in [0.3, 0.4) is 0 Å². The van der Waals surface area contributed by atoms with Crippen LogP contribution in [0.15, 0.2) is 0 Å². The van der Waals surface area contributed by atoms with Crippen molar-refractivity contribution in [1.29, 1.82) is 0 Å². The van der Waals surface area contributed by atoms with E-state index in [-0.39, 0.29) is 12.1 Å². The quantitative estimate of drug-likeness (QED) is 0.881. The number of anilines is 1. The first-order valence-electron chi connectivity index (χ1n) is 6.58. The minimum absolute atomic E-state index is 0.224. The average molecular weight is 270 g/mol. The number of aromatic nitrogens is 2. The lowest BCUT2D eigenvalue weighted by molar-refractivity contribution is -0.0259. The summed E-state index contributed by atoms with van der Waals surface area (Å²) in [4.78, 5) is 2.30. The van der Waals surface area contributed by atoms with Gasteiger partial charge < -0.3 is 15.0 Å². The molecule has 18 heavy (non-hydrogen) atoms. The summed E-state index contributed by atoms with van der Waals surface area (Å²) in [5.41, 5.74) is 0. The Morgan fingerprint density at radius 2 is 2.39 bits per heavy atom. The Labute approximate surface area is 113 Å². The third kappa shape index (κ3) is 3.63. The summed E-state index contributed by atoms with van der Waals surface area (Å²) in [6.45, 7) is 7.09. The van der Waals surface area contributed by atoms with Crippen LogP contribution >= 0.6 is 11.3 Å². The molecule has 102 valence electrons. The third-order valence-electron chi connectivity index (χ3n) is 3.14. The second-order valence-electron chi connectivity index (χ2n) is 4.86. The zero-order valence-electron chi connectivity index (χ0n) is 11.3. The van der Waals surface area contributed by atoms with Gasteiger partial charge in [0, 0.05) is 19.5 Å². The molecule has 1 aromatic rings. The molecule has 6 heteroatoms. The maximum Gasteiger partial charge on any atom is 0.205 e. The van der Waals surface area contributed by atoms with Gasteiger partial charge in [-0.3, -0.25) is 0 Å². The van der Waals surface area contributed by atoms with Gasteiger partial charge in [-0.2, -0.15) is 0 Å². The van der Waals surface area contributed by atoms with Crippen molar-refractivity contribution >= 4 is 16.5 Å². The highest BCUT2D eigenvalue weighted by molar-refractivity contribution is 7.15. The van der Waals surface area contributed by atoms with Gasteiger partial charge in [-0.05, 0) is 20.4 Å². The summed E-state index contributed by atoms with van der Waals surface area (Å²) in [6.07, 6.45) is 2.35. The van der Waals surface area contributed by atoms with E-state index in [1.165, 1.54) is 0 Å². The molecule has 1 fully saturated rings. The summed E-state index contributed by atoms with van der Waals surface area (Å²) in [5, 5.41) is 13.8. The second-order valence-corrected chi connectivity index (χ2v) is 5.92. The van der Waals surface area contributed by atoms with Crippen LogP contribution in [0.25, 0.3) is 0 Å². The van der Waals surface area contributed by atoms with Crippen LogP contribution in [-0.2, 0) is 11.2 Å². The van der Waals surface area contributed by atoms with Gasteiger partial charge >= 0.3 is 0 Å². The van der Waals surface area contributed by atoms with Crippen LogP contribution in [0.1, 0.15) is 25.3 Å². The van der Waals surface area contributed by atoms with Gasteiger partial charge in [-0.1, -0.05) is 18.3 Å². The first kappa shape index (κ1) is 13.7. The lowest BCUT2D eigenvalue weighted by Crippen LogP contribution is -2.47. The molecule has 1 saturated heterocycles. The van der Waals surface area contributed by atoms with Crippen LogP contribution in [0.5, 0.6) is 0 Å². The standard InChI is InChI=1S/C12H22N4OS/c1-4-5-11-14-15-12(18-11)13-9(2)10-8-16(3)6-7-17-10/h9-10H,4-8H2,1-3H3,(H,13,15). The molecule has 2 heterocycles. The fraction of sp³-hybridized carbons (Fsp3) is 0.833. The number of rotatable bonds is 5. The number of ether oxygens (including phenoxy) is 1. The summed E-state index contributed by atoms with van der Waals surface area (Å²) in [7, 11) is 2.13. The van der Waals surface area contributed by atoms with Crippen molar-refractivity contribution in [2.75, 3.05) is 32.1 Å². The molecule has 1 N–H and O–H groups in total. The smallest absolute Gasteiger partial charge is 0.205 e. The van der Waals surface area contributed by atoms with Crippen molar-refractivity contribution in [2.45, 2.75) is 38.8 Å². The van der Waals surface area contributed by atoms with Gasteiger partial charge in [0.05, 0.1) is 18.8 Å². The van der Waals surface area contributed by atoms with E-state index in [1.54, 1.807) is 11.3 Å². The molecule has 0 aliphatic carbocycles. The van der Waals surface area contributed by atoms with Crippen molar-refractivity contribution in [2.24, 2.45) is 0 Å². The molecule has 0 saturated carbocycles. The molecule has 1 aromatic heterocycles. The molecule has 0 amide bonds. The molecule has 0 bridgehead atoms. The highest BCUT2D eigenvalue weighted by Crippen LogP contribution is 2.19. The van der Waals surface area contributed by atoms with Crippen LogP contribution < -0.4 is 5.32 Å². The predicted octanol–water partition coefficient (Wildman–Crippen LogP) is 1.62. The molecule has 1 aliphatic rings. The topological polar surface area (TPSA) is 50.3 Å². The Kier molecular flexibility index (Phi) is 4.91. The number of nitrogens with one attached hydrogen (secondary N) is 1. The minimum atomic E-state index is 0.224. The van der Waals surface area contributed by atoms with Crippen LogP contribution in [0.2, 0.25) is 0 Å². The fourth-order valence-corrected chi connectivity index (χ4v) is 2.97. The third-order valence-corrected chi connectivity index (χ3v) is 4.05. The Balaban J connectivity index is 1.87. The molecule has 0 aromatic carbocycles. The van der Waals surface area contributed by atoms with E-state index >= 15 is 0 Å². The van der Waals surface area contributed by atoms with Crippen LogP contribution in [0.4, 0.5) is 5.13 Å². The Morgan fingerprint density at radius 3 is 3.11 bits per heavy atom.